The third-order valence-corrected chi connectivity index (χ3v) is 2.02. The third kappa shape index (κ3) is 5.23. The number of ether oxygens (including phenoxy) is 1. The molecule has 0 saturated heterocycles. The minimum absolute atomic E-state index is 0.649. The van der Waals surface area contributed by atoms with Gasteiger partial charge in [-0.25, -0.2) is 0 Å². The molecule has 5 nitrogen and oxygen atoms in total. The fourth-order valence-corrected chi connectivity index (χ4v) is 1.24. The molecular formula is C11H21N3O2. The zero-order valence-electron chi connectivity index (χ0n) is 10.2. The number of hydrogen-bond donors (Lipinski definition) is 1. The van der Waals surface area contributed by atoms with Crippen molar-refractivity contribution < 1.29 is 9.15 Å². The molecule has 1 aromatic rings. The summed E-state index contributed by atoms with van der Waals surface area (Å²) in [6, 6.07) is 0. The Morgan fingerprint density at radius 3 is 2.69 bits per heavy atom. The number of aromatic nitrogens is 2. The van der Waals surface area contributed by atoms with Crippen LogP contribution in [-0.4, -0.2) is 30.0 Å². The van der Waals surface area contributed by atoms with Crippen LogP contribution >= 0.6 is 0 Å². The van der Waals surface area contributed by atoms with Gasteiger partial charge in [-0.1, -0.05) is 13.8 Å². The second kappa shape index (κ2) is 8.24. The highest BCUT2D eigenvalue weighted by Crippen LogP contribution is 2.00. The molecular weight excluding hydrogens is 206 g/mol. The summed E-state index contributed by atoms with van der Waals surface area (Å²) < 4.78 is 10.8. The summed E-state index contributed by atoms with van der Waals surface area (Å²) in [7, 11) is 0. The molecule has 0 aliphatic heterocycles. The Kier molecular flexibility index (Phi) is 6.76. The second-order valence-corrected chi connectivity index (χ2v) is 3.63. The molecule has 1 N–H and O–H groups in total. The molecule has 0 unspecified atom stereocenters. The minimum Gasteiger partial charge on any atom is -0.424 e. The lowest BCUT2D eigenvalue weighted by Gasteiger charge is -1.98. The Balaban J connectivity index is 2.17. The van der Waals surface area contributed by atoms with E-state index in [-0.39, 0.29) is 0 Å². The highest BCUT2D eigenvalue weighted by molar-refractivity contribution is 4.81. The Labute approximate surface area is 96.6 Å². The maximum atomic E-state index is 5.45. The molecule has 0 amide bonds. The van der Waals surface area contributed by atoms with Crippen molar-refractivity contribution in [3.8, 4) is 0 Å². The summed E-state index contributed by atoms with van der Waals surface area (Å²) in [6.07, 6.45) is 2.84. The standard InChI is InChI=1S/C11H21N3O2/c1-3-6-12-9-11-14-13-10(16-11)5-8-15-7-4-2/h12H,3-9H2,1-2H3. The highest BCUT2D eigenvalue weighted by Gasteiger charge is 2.04. The first-order valence-electron chi connectivity index (χ1n) is 5.96. The van der Waals surface area contributed by atoms with Crippen LogP contribution in [0.4, 0.5) is 0 Å². The molecule has 0 fully saturated rings. The molecule has 1 heterocycles. The largest absolute Gasteiger partial charge is 0.424 e. The fourth-order valence-electron chi connectivity index (χ4n) is 1.24. The molecule has 0 spiro atoms. The summed E-state index contributed by atoms with van der Waals surface area (Å²) in [6.45, 7) is 7.27. The van der Waals surface area contributed by atoms with Crippen molar-refractivity contribution in [3.63, 3.8) is 0 Å². The number of hydrogen-bond acceptors (Lipinski definition) is 5. The Morgan fingerprint density at radius 1 is 1.12 bits per heavy atom. The normalized spacial score (nSPS) is 10.9. The minimum atomic E-state index is 0.649. The van der Waals surface area contributed by atoms with E-state index in [2.05, 4.69) is 29.4 Å². The Hall–Kier alpha value is -0.940. The maximum absolute atomic E-state index is 5.45. The number of nitrogens with one attached hydrogen (secondary N) is 1. The lowest BCUT2D eigenvalue weighted by atomic mass is 10.4. The Bertz CT molecular complexity index is 276. The smallest absolute Gasteiger partial charge is 0.230 e. The maximum Gasteiger partial charge on any atom is 0.230 e. The lowest BCUT2D eigenvalue weighted by Crippen LogP contribution is -2.13. The molecule has 0 saturated carbocycles. The summed E-state index contributed by atoms with van der Waals surface area (Å²) in [5, 5.41) is 11.1. The van der Waals surface area contributed by atoms with Crippen molar-refractivity contribution in [1.82, 2.24) is 15.5 Å². The SMILES string of the molecule is CCCNCc1nnc(CCOCCC)o1. The first-order chi connectivity index (χ1) is 7.86. The van der Waals surface area contributed by atoms with Gasteiger partial charge in [-0.05, 0) is 19.4 Å². The number of nitrogens with zero attached hydrogens (tertiary/aromatic N) is 2. The molecule has 0 aliphatic carbocycles. The molecule has 0 aromatic carbocycles. The molecule has 0 aliphatic rings. The zero-order chi connectivity index (χ0) is 11.6. The van der Waals surface area contributed by atoms with E-state index in [1.165, 1.54) is 0 Å². The van der Waals surface area contributed by atoms with E-state index in [0.717, 1.165) is 26.0 Å². The van der Waals surface area contributed by atoms with Crippen LogP contribution < -0.4 is 5.32 Å². The van der Waals surface area contributed by atoms with Crippen LogP contribution in [0.15, 0.2) is 4.42 Å². The molecule has 16 heavy (non-hydrogen) atoms. The van der Waals surface area contributed by atoms with Crippen LogP contribution in [-0.2, 0) is 17.7 Å². The van der Waals surface area contributed by atoms with Crippen molar-refractivity contribution in [2.24, 2.45) is 0 Å². The molecule has 0 atom stereocenters. The molecule has 92 valence electrons. The van der Waals surface area contributed by atoms with E-state index in [1.54, 1.807) is 0 Å². The van der Waals surface area contributed by atoms with Crippen molar-refractivity contribution in [3.05, 3.63) is 11.8 Å². The van der Waals surface area contributed by atoms with E-state index in [1.807, 2.05) is 0 Å². The van der Waals surface area contributed by atoms with Gasteiger partial charge in [0.25, 0.3) is 0 Å². The Morgan fingerprint density at radius 2 is 1.94 bits per heavy atom. The van der Waals surface area contributed by atoms with Crippen molar-refractivity contribution >= 4 is 0 Å². The van der Waals surface area contributed by atoms with Crippen LogP contribution in [0.3, 0.4) is 0 Å². The predicted molar refractivity (Wildman–Crippen MR) is 61.1 cm³/mol. The lowest BCUT2D eigenvalue weighted by molar-refractivity contribution is 0.133. The van der Waals surface area contributed by atoms with Crippen molar-refractivity contribution in [1.29, 1.82) is 0 Å². The van der Waals surface area contributed by atoms with Gasteiger partial charge in [-0.3, -0.25) is 0 Å². The van der Waals surface area contributed by atoms with E-state index >= 15 is 0 Å². The van der Waals surface area contributed by atoms with Crippen molar-refractivity contribution in [2.45, 2.75) is 39.7 Å². The second-order valence-electron chi connectivity index (χ2n) is 3.63. The summed E-state index contributed by atoms with van der Waals surface area (Å²) in [5.41, 5.74) is 0. The summed E-state index contributed by atoms with van der Waals surface area (Å²) in [4.78, 5) is 0. The van der Waals surface area contributed by atoms with Gasteiger partial charge < -0.3 is 14.5 Å². The van der Waals surface area contributed by atoms with Crippen LogP contribution in [0.2, 0.25) is 0 Å². The van der Waals surface area contributed by atoms with E-state index in [0.29, 0.717) is 31.4 Å². The fraction of sp³-hybridized carbons (Fsp3) is 0.818. The monoisotopic (exact) mass is 227 g/mol. The first kappa shape index (κ1) is 13.1. The van der Waals surface area contributed by atoms with E-state index in [9.17, 15) is 0 Å². The van der Waals surface area contributed by atoms with Crippen LogP contribution in [0, 0.1) is 0 Å². The van der Waals surface area contributed by atoms with Crippen LogP contribution in [0.25, 0.3) is 0 Å². The molecule has 5 heteroatoms. The van der Waals surface area contributed by atoms with Gasteiger partial charge in [0, 0.05) is 13.0 Å². The molecule has 1 aromatic heterocycles. The topological polar surface area (TPSA) is 60.2 Å². The first-order valence-corrected chi connectivity index (χ1v) is 5.96. The molecule has 0 bridgehead atoms. The molecule has 1 rings (SSSR count). The van der Waals surface area contributed by atoms with E-state index in [4.69, 9.17) is 9.15 Å². The summed E-state index contributed by atoms with van der Waals surface area (Å²) in [5.74, 6) is 1.31. The average Bonchev–Trinajstić information content (AvgIpc) is 2.73. The number of rotatable bonds is 9. The quantitative estimate of drug-likeness (QED) is 0.648. The van der Waals surface area contributed by atoms with Gasteiger partial charge in [0.1, 0.15) is 0 Å². The van der Waals surface area contributed by atoms with Gasteiger partial charge in [-0.2, -0.15) is 0 Å². The van der Waals surface area contributed by atoms with Gasteiger partial charge in [0.2, 0.25) is 11.8 Å². The van der Waals surface area contributed by atoms with Gasteiger partial charge in [-0.15, -0.1) is 10.2 Å². The zero-order valence-corrected chi connectivity index (χ0v) is 10.2. The average molecular weight is 227 g/mol. The summed E-state index contributed by atoms with van der Waals surface area (Å²) >= 11 is 0. The van der Waals surface area contributed by atoms with Crippen LogP contribution in [0.1, 0.15) is 38.5 Å². The van der Waals surface area contributed by atoms with Gasteiger partial charge in [0.15, 0.2) is 0 Å². The van der Waals surface area contributed by atoms with Gasteiger partial charge in [0.05, 0.1) is 13.2 Å². The predicted octanol–water partition coefficient (Wildman–Crippen LogP) is 1.54. The van der Waals surface area contributed by atoms with Crippen molar-refractivity contribution in [2.75, 3.05) is 19.8 Å². The third-order valence-electron chi connectivity index (χ3n) is 2.02. The molecule has 0 radical (unpaired) electrons. The van der Waals surface area contributed by atoms with Crippen LogP contribution in [0.5, 0.6) is 0 Å². The highest BCUT2D eigenvalue weighted by atomic mass is 16.5. The van der Waals surface area contributed by atoms with E-state index < -0.39 is 0 Å². The van der Waals surface area contributed by atoms with Gasteiger partial charge >= 0.3 is 0 Å².